The topological polar surface area (TPSA) is 36.9 Å². The van der Waals surface area contributed by atoms with E-state index in [1.54, 1.807) is 6.07 Å². The number of H-pyrrole nitrogens is 1. The van der Waals surface area contributed by atoms with Gasteiger partial charge in [0, 0.05) is 54.7 Å². The van der Waals surface area contributed by atoms with E-state index in [9.17, 15) is 4.39 Å². The lowest BCUT2D eigenvalue weighted by Gasteiger charge is -2.26. The molecule has 0 aliphatic carbocycles. The predicted octanol–water partition coefficient (Wildman–Crippen LogP) is 3.29. The molecule has 0 saturated heterocycles. The minimum absolute atomic E-state index is 0.201. The number of halogens is 1. The van der Waals surface area contributed by atoms with E-state index in [1.807, 2.05) is 35.4 Å². The third-order valence-corrected chi connectivity index (χ3v) is 4.49. The second-order valence-corrected chi connectivity index (χ2v) is 5.94. The summed E-state index contributed by atoms with van der Waals surface area (Å²) in [6.07, 6.45) is 9.11. The average Bonchev–Trinajstić information content (AvgIpc) is 3.22. The Balaban J connectivity index is 1.46. The van der Waals surface area contributed by atoms with Gasteiger partial charge in [-0.1, -0.05) is 6.08 Å². The van der Waals surface area contributed by atoms with Crippen molar-refractivity contribution in [3.8, 4) is 0 Å². The first-order valence-electron chi connectivity index (χ1n) is 7.95. The zero-order valence-corrected chi connectivity index (χ0v) is 12.9. The van der Waals surface area contributed by atoms with E-state index in [4.69, 9.17) is 0 Å². The Hall–Kier alpha value is -2.40. The van der Waals surface area contributed by atoms with E-state index in [-0.39, 0.29) is 5.82 Å². The first-order chi connectivity index (χ1) is 11.3. The molecule has 0 amide bonds. The molecule has 4 nitrogen and oxygen atoms in total. The highest BCUT2D eigenvalue weighted by Crippen LogP contribution is 2.29. The van der Waals surface area contributed by atoms with Crippen molar-refractivity contribution in [3.05, 3.63) is 60.3 Å². The van der Waals surface area contributed by atoms with E-state index in [0.717, 1.165) is 43.5 Å². The highest BCUT2D eigenvalue weighted by atomic mass is 19.1. The molecule has 3 aromatic rings. The molecule has 0 unspecified atom stereocenters. The van der Waals surface area contributed by atoms with Crippen LogP contribution in [0.3, 0.4) is 0 Å². The van der Waals surface area contributed by atoms with Crippen LogP contribution >= 0.6 is 0 Å². The Morgan fingerprint density at radius 2 is 2.22 bits per heavy atom. The summed E-state index contributed by atoms with van der Waals surface area (Å²) in [5, 5.41) is 5.34. The largest absolute Gasteiger partial charge is 0.360 e. The second-order valence-electron chi connectivity index (χ2n) is 5.94. The van der Waals surface area contributed by atoms with Crippen LogP contribution in [-0.4, -0.2) is 39.3 Å². The summed E-state index contributed by atoms with van der Waals surface area (Å²) in [4.78, 5) is 5.61. The van der Waals surface area contributed by atoms with Gasteiger partial charge in [0.2, 0.25) is 0 Å². The van der Waals surface area contributed by atoms with Crippen molar-refractivity contribution in [2.75, 3.05) is 19.6 Å². The van der Waals surface area contributed by atoms with Gasteiger partial charge >= 0.3 is 0 Å². The van der Waals surface area contributed by atoms with Crippen molar-refractivity contribution in [1.82, 2.24) is 19.7 Å². The summed E-state index contributed by atoms with van der Waals surface area (Å²) < 4.78 is 15.3. The number of aromatic nitrogens is 3. The summed E-state index contributed by atoms with van der Waals surface area (Å²) in [5.41, 5.74) is 3.41. The molecule has 2 aromatic heterocycles. The molecule has 0 fully saturated rings. The molecule has 23 heavy (non-hydrogen) atoms. The van der Waals surface area contributed by atoms with Gasteiger partial charge in [0.15, 0.2) is 0 Å². The number of fused-ring (bicyclic) bond motifs is 1. The highest BCUT2D eigenvalue weighted by Gasteiger charge is 2.15. The Labute approximate surface area is 134 Å². The number of hydrogen-bond donors (Lipinski definition) is 1. The number of nitrogens with one attached hydrogen (secondary N) is 1. The molecule has 118 valence electrons. The Kier molecular flexibility index (Phi) is 3.71. The lowest BCUT2D eigenvalue weighted by molar-refractivity contribution is 0.283. The van der Waals surface area contributed by atoms with Crippen LogP contribution in [0, 0.1) is 5.82 Å². The van der Waals surface area contributed by atoms with Gasteiger partial charge in [0.25, 0.3) is 0 Å². The molecular formula is C18H19FN4. The summed E-state index contributed by atoms with van der Waals surface area (Å²) in [5.74, 6) is -0.201. The Morgan fingerprint density at radius 3 is 3.00 bits per heavy atom. The van der Waals surface area contributed by atoms with Crippen LogP contribution in [0.2, 0.25) is 0 Å². The van der Waals surface area contributed by atoms with E-state index in [2.05, 4.69) is 21.1 Å². The smallest absolute Gasteiger partial charge is 0.125 e. The van der Waals surface area contributed by atoms with E-state index in [1.165, 1.54) is 17.2 Å². The molecule has 3 heterocycles. The predicted molar refractivity (Wildman–Crippen MR) is 89.5 cm³/mol. The summed E-state index contributed by atoms with van der Waals surface area (Å²) >= 11 is 0. The molecule has 1 aliphatic heterocycles. The quantitative estimate of drug-likeness (QED) is 0.803. The molecule has 1 aromatic carbocycles. The van der Waals surface area contributed by atoms with Gasteiger partial charge in [0.1, 0.15) is 5.82 Å². The molecule has 0 atom stereocenters. The van der Waals surface area contributed by atoms with Crippen LogP contribution in [0.5, 0.6) is 0 Å². The third kappa shape index (κ3) is 2.92. The molecule has 0 bridgehead atoms. The summed E-state index contributed by atoms with van der Waals surface area (Å²) in [6, 6.07) is 6.90. The summed E-state index contributed by atoms with van der Waals surface area (Å²) in [6.45, 7) is 3.92. The van der Waals surface area contributed by atoms with Crippen molar-refractivity contribution >= 4 is 16.5 Å². The van der Waals surface area contributed by atoms with Crippen molar-refractivity contribution in [3.63, 3.8) is 0 Å². The maximum Gasteiger partial charge on any atom is 0.125 e. The first-order valence-corrected chi connectivity index (χ1v) is 7.95. The minimum Gasteiger partial charge on any atom is -0.360 e. The number of aromatic amines is 1. The molecular weight excluding hydrogens is 291 g/mol. The van der Waals surface area contributed by atoms with Gasteiger partial charge in [-0.15, -0.1) is 0 Å². The van der Waals surface area contributed by atoms with Crippen molar-refractivity contribution < 1.29 is 4.39 Å². The first kappa shape index (κ1) is 14.2. The van der Waals surface area contributed by atoms with Gasteiger partial charge in [-0.3, -0.25) is 9.58 Å². The SMILES string of the molecule is Fc1ccc2c(C3=CCN(CCn4cccn4)CC3)c[nH]c2c1. The standard InChI is InChI=1S/C18H19FN4/c19-15-2-3-16-17(13-20-18(16)12-15)14-4-8-22(9-5-14)10-11-23-7-1-6-21-23/h1-4,6-7,12-13,20H,5,8-11H2. The Morgan fingerprint density at radius 1 is 1.26 bits per heavy atom. The maximum absolute atomic E-state index is 13.3. The van der Waals surface area contributed by atoms with Crippen LogP contribution in [0.4, 0.5) is 4.39 Å². The fourth-order valence-electron chi connectivity index (χ4n) is 3.20. The molecule has 0 spiro atoms. The fourth-order valence-corrected chi connectivity index (χ4v) is 3.20. The zero-order valence-electron chi connectivity index (χ0n) is 12.9. The number of benzene rings is 1. The minimum atomic E-state index is -0.201. The van der Waals surface area contributed by atoms with Gasteiger partial charge < -0.3 is 4.98 Å². The lowest BCUT2D eigenvalue weighted by atomic mass is 9.99. The van der Waals surface area contributed by atoms with Gasteiger partial charge in [-0.25, -0.2) is 4.39 Å². The van der Waals surface area contributed by atoms with Crippen molar-refractivity contribution in [1.29, 1.82) is 0 Å². The molecule has 0 radical (unpaired) electrons. The number of rotatable bonds is 4. The maximum atomic E-state index is 13.3. The lowest BCUT2D eigenvalue weighted by Crippen LogP contribution is -2.31. The van der Waals surface area contributed by atoms with Gasteiger partial charge in [-0.2, -0.15) is 5.10 Å². The van der Waals surface area contributed by atoms with E-state index < -0.39 is 0 Å². The Bertz CT molecular complexity index is 832. The van der Waals surface area contributed by atoms with Crippen LogP contribution < -0.4 is 0 Å². The number of hydrogen-bond acceptors (Lipinski definition) is 2. The van der Waals surface area contributed by atoms with Crippen molar-refractivity contribution in [2.24, 2.45) is 0 Å². The van der Waals surface area contributed by atoms with Crippen molar-refractivity contribution in [2.45, 2.75) is 13.0 Å². The number of nitrogens with zero attached hydrogens (tertiary/aromatic N) is 3. The fraction of sp³-hybridized carbons (Fsp3) is 0.278. The van der Waals surface area contributed by atoms with Crippen LogP contribution in [0.25, 0.3) is 16.5 Å². The van der Waals surface area contributed by atoms with E-state index in [0.29, 0.717) is 0 Å². The molecule has 5 heteroatoms. The van der Waals surface area contributed by atoms with E-state index >= 15 is 0 Å². The molecule has 1 aliphatic rings. The van der Waals surface area contributed by atoms with Gasteiger partial charge in [0.05, 0.1) is 6.54 Å². The van der Waals surface area contributed by atoms with Crippen LogP contribution in [0.1, 0.15) is 12.0 Å². The van der Waals surface area contributed by atoms with Crippen LogP contribution in [0.15, 0.2) is 48.9 Å². The molecule has 1 N–H and O–H groups in total. The normalized spacial score (nSPS) is 16.0. The molecule has 0 saturated carbocycles. The summed E-state index contributed by atoms with van der Waals surface area (Å²) in [7, 11) is 0. The molecule has 4 rings (SSSR count). The third-order valence-electron chi connectivity index (χ3n) is 4.49. The highest BCUT2D eigenvalue weighted by molar-refractivity contribution is 5.92. The van der Waals surface area contributed by atoms with Crippen LogP contribution in [-0.2, 0) is 6.54 Å². The van der Waals surface area contributed by atoms with Gasteiger partial charge in [-0.05, 0) is 36.3 Å². The second kappa shape index (κ2) is 6.01. The zero-order chi connectivity index (χ0) is 15.6. The monoisotopic (exact) mass is 310 g/mol. The average molecular weight is 310 g/mol.